The van der Waals surface area contributed by atoms with Gasteiger partial charge in [0.05, 0.1) is 11.1 Å². The van der Waals surface area contributed by atoms with Crippen LogP contribution in [-0.2, 0) is 19.1 Å². The zero-order valence-electron chi connectivity index (χ0n) is 19.0. The number of ether oxygens (including phenoxy) is 1. The second kappa shape index (κ2) is 8.46. The Morgan fingerprint density at radius 1 is 1.05 bits per heavy atom. The van der Waals surface area contributed by atoms with Gasteiger partial charge in [0.25, 0.3) is 5.91 Å². The van der Waals surface area contributed by atoms with Crippen LogP contribution < -0.4 is 5.73 Å². The van der Waals surface area contributed by atoms with Crippen LogP contribution >= 0.6 is 11.6 Å². The van der Waals surface area contributed by atoms with Crippen molar-refractivity contribution < 1.29 is 44.3 Å². The first-order valence-corrected chi connectivity index (χ1v) is 11.6. The summed E-state index contributed by atoms with van der Waals surface area (Å²) in [6.45, 7) is 0. The lowest BCUT2D eigenvalue weighted by molar-refractivity contribution is -0.149. The molecule has 3 aliphatic carbocycles. The predicted molar refractivity (Wildman–Crippen MR) is 127 cm³/mol. The second-order valence-electron chi connectivity index (χ2n) is 9.16. The van der Waals surface area contributed by atoms with Crippen LogP contribution in [0.15, 0.2) is 59.4 Å². The van der Waals surface area contributed by atoms with Crippen molar-refractivity contribution in [1.29, 1.82) is 0 Å². The van der Waals surface area contributed by atoms with Crippen LogP contribution in [0.1, 0.15) is 40.4 Å². The zero-order chi connectivity index (χ0) is 26.8. The minimum absolute atomic E-state index is 0.0241. The lowest BCUT2D eigenvalue weighted by atomic mass is 9.58. The molecular formula is C26H20ClNO9. The van der Waals surface area contributed by atoms with E-state index in [9.17, 15) is 39.6 Å². The highest BCUT2D eigenvalue weighted by Gasteiger charge is 2.62. The van der Waals surface area contributed by atoms with Crippen LogP contribution in [0.25, 0.3) is 5.76 Å². The number of halogens is 1. The number of aliphatic hydroxyl groups excluding tert-OH is 2. The Balaban J connectivity index is 1.71. The van der Waals surface area contributed by atoms with E-state index in [1.165, 1.54) is 24.3 Å². The molecule has 37 heavy (non-hydrogen) atoms. The van der Waals surface area contributed by atoms with E-state index in [2.05, 4.69) is 0 Å². The third kappa shape index (κ3) is 3.44. The van der Waals surface area contributed by atoms with Gasteiger partial charge in [-0.1, -0.05) is 29.8 Å². The number of rotatable bonds is 3. The predicted octanol–water partition coefficient (Wildman–Crippen LogP) is 2.43. The normalized spacial score (nSPS) is 26.8. The molecule has 0 radical (unpaired) electrons. The number of phenolic OH excluding ortho intramolecular Hbond substituents is 1. The Morgan fingerprint density at radius 2 is 1.73 bits per heavy atom. The minimum Gasteiger partial charge on any atom is -0.508 e. The number of ketones is 2. The van der Waals surface area contributed by atoms with E-state index in [0.717, 1.165) is 0 Å². The molecule has 0 spiro atoms. The standard InChI is InChI=1S/C26H20ClNO9/c27-13-6-7-14(29)18-17(13)21(37-25(35)10-4-2-1-3-5-10)12-8-11-9-15(30)19(24(28)34)23(33)26(11,36)22(32)16(12)20(18)31/h1-7,11-12,21,29,31,33,36H,8-9H2,(H2,28,34)/t11-,12-,21+,26-/m0/s1. The third-order valence-electron chi connectivity index (χ3n) is 7.20. The van der Waals surface area contributed by atoms with E-state index in [1.807, 2.05) is 0 Å². The number of hydrogen-bond donors (Lipinski definition) is 5. The fourth-order valence-corrected chi connectivity index (χ4v) is 5.76. The molecular weight excluding hydrogens is 506 g/mol. The van der Waals surface area contributed by atoms with Crippen molar-refractivity contribution in [3.63, 3.8) is 0 Å². The summed E-state index contributed by atoms with van der Waals surface area (Å²) in [4.78, 5) is 51.1. The summed E-state index contributed by atoms with van der Waals surface area (Å²) in [6, 6.07) is 10.4. The van der Waals surface area contributed by atoms with E-state index < -0.39 is 81.8 Å². The molecule has 4 atom stereocenters. The number of benzene rings is 2. The lowest BCUT2D eigenvalue weighted by Gasteiger charge is -2.47. The molecule has 2 aromatic rings. The highest BCUT2D eigenvalue weighted by molar-refractivity contribution is 6.32. The first-order valence-electron chi connectivity index (χ1n) is 11.2. The van der Waals surface area contributed by atoms with Crippen molar-refractivity contribution >= 4 is 40.8 Å². The molecule has 0 aromatic heterocycles. The maximum Gasteiger partial charge on any atom is 0.338 e. The van der Waals surface area contributed by atoms with E-state index in [1.54, 1.807) is 18.2 Å². The molecule has 11 heteroatoms. The molecule has 2 aromatic carbocycles. The van der Waals surface area contributed by atoms with Crippen molar-refractivity contribution in [1.82, 2.24) is 0 Å². The molecule has 6 N–H and O–H groups in total. The fraction of sp³-hybridized carbons (Fsp3) is 0.231. The summed E-state index contributed by atoms with van der Waals surface area (Å²) < 4.78 is 5.78. The van der Waals surface area contributed by atoms with Gasteiger partial charge < -0.3 is 30.9 Å². The molecule has 0 heterocycles. The number of primary amides is 1. The molecule has 1 saturated carbocycles. The number of aromatic hydroxyl groups is 1. The number of phenols is 1. The maximum absolute atomic E-state index is 13.7. The summed E-state index contributed by atoms with van der Waals surface area (Å²) in [5, 5.41) is 43.8. The van der Waals surface area contributed by atoms with Gasteiger partial charge in [-0.3, -0.25) is 14.4 Å². The van der Waals surface area contributed by atoms with E-state index in [-0.39, 0.29) is 28.1 Å². The number of carbonyl (C=O) groups is 4. The summed E-state index contributed by atoms with van der Waals surface area (Å²) in [5.74, 6) is -8.99. The number of aliphatic hydroxyl groups is 3. The van der Waals surface area contributed by atoms with Crippen molar-refractivity contribution in [2.75, 3.05) is 0 Å². The number of carbonyl (C=O) groups excluding carboxylic acids is 4. The topological polar surface area (TPSA) is 184 Å². The van der Waals surface area contributed by atoms with Crippen LogP contribution in [-0.4, -0.2) is 49.5 Å². The molecule has 10 nitrogen and oxygen atoms in total. The summed E-state index contributed by atoms with van der Waals surface area (Å²) in [5.41, 5.74) is 1.01. The van der Waals surface area contributed by atoms with E-state index >= 15 is 0 Å². The first kappa shape index (κ1) is 24.5. The van der Waals surface area contributed by atoms with Gasteiger partial charge in [0.2, 0.25) is 5.78 Å². The highest BCUT2D eigenvalue weighted by atomic mass is 35.5. The van der Waals surface area contributed by atoms with Crippen molar-refractivity contribution in [3.8, 4) is 5.75 Å². The zero-order valence-corrected chi connectivity index (χ0v) is 19.7. The fourth-order valence-electron chi connectivity index (χ4n) is 5.49. The third-order valence-corrected chi connectivity index (χ3v) is 7.53. The highest BCUT2D eigenvalue weighted by Crippen LogP contribution is 2.57. The molecule has 0 saturated heterocycles. The molecule has 190 valence electrons. The van der Waals surface area contributed by atoms with Crippen molar-refractivity contribution in [2.24, 2.45) is 17.6 Å². The maximum atomic E-state index is 13.7. The Hall–Kier alpha value is -4.15. The number of Topliss-reactive ketones (excluding diaryl/α,β-unsaturated/α-hetero) is 2. The van der Waals surface area contributed by atoms with Gasteiger partial charge in [-0.15, -0.1) is 0 Å². The smallest absolute Gasteiger partial charge is 0.338 e. The van der Waals surface area contributed by atoms with Crippen LogP contribution in [0.3, 0.4) is 0 Å². The Morgan fingerprint density at radius 3 is 2.38 bits per heavy atom. The van der Waals surface area contributed by atoms with Gasteiger partial charge in [0.1, 0.15) is 28.9 Å². The first-order chi connectivity index (χ1) is 17.5. The van der Waals surface area contributed by atoms with E-state index in [4.69, 9.17) is 22.1 Å². The molecule has 0 unspecified atom stereocenters. The Bertz CT molecular complexity index is 1460. The number of amides is 1. The average Bonchev–Trinajstić information content (AvgIpc) is 2.85. The number of esters is 1. The monoisotopic (exact) mass is 525 g/mol. The Kier molecular flexibility index (Phi) is 5.61. The molecule has 0 bridgehead atoms. The summed E-state index contributed by atoms with van der Waals surface area (Å²) in [7, 11) is 0. The van der Waals surface area contributed by atoms with Crippen molar-refractivity contribution in [2.45, 2.75) is 24.5 Å². The van der Waals surface area contributed by atoms with Crippen LogP contribution in [0.4, 0.5) is 0 Å². The number of fused-ring (bicyclic) bond motifs is 3. The summed E-state index contributed by atoms with van der Waals surface area (Å²) in [6.07, 6.45) is -2.07. The van der Waals surface area contributed by atoms with Gasteiger partial charge in [-0.2, -0.15) is 0 Å². The molecule has 5 rings (SSSR count). The molecule has 1 amide bonds. The lowest BCUT2D eigenvalue weighted by Crippen LogP contribution is -2.58. The minimum atomic E-state index is -2.75. The van der Waals surface area contributed by atoms with Crippen LogP contribution in [0, 0.1) is 11.8 Å². The van der Waals surface area contributed by atoms with Gasteiger partial charge >= 0.3 is 5.97 Å². The molecule has 1 fully saturated rings. The molecule has 3 aliphatic rings. The van der Waals surface area contributed by atoms with Crippen molar-refractivity contribution in [3.05, 3.63) is 81.1 Å². The summed E-state index contributed by atoms with van der Waals surface area (Å²) >= 11 is 6.41. The molecule has 0 aliphatic heterocycles. The quantitative estimate of drug-likeness (QED) is 0.296. The van der Waals surface area contributed by atoms with Crippen LogP contribution in [0.2, 0.25) is 5.02 Å². The van der Waals surface area contributed by atoms with Gasteiger partial charge in [0, 0.05) is 34.4 Å². The number of nitrogens with two attached hydrogens (primary N) is 1. The SMILES string of the molecule is NC(=O)C1=C(O)[C@@]2(O)C(=O)C3=C(O)c4c(O)ccc(Cl)c4[C@H](OC(=O)c4ccccc4)[C@H]3C[C@H]2CC1=O. The number of hydrogen-bond acceptors (Lipinski definition) is 9. The second-order valence-corrected chi connectivity index (χ2v) is 9.57. The Labute approximate surface area is 214 Å². The van der Waals surface area contributed by atoms with Gasteiger partial charge in [0.15, 0.2) is 11.4 Å². The van der Waals surface area contributed by atoms with Gasteiger partial charge in [-0.05, 0) is 30.7 Å². The van der Waals surface area contributed by atoms with Gasteiger partial charge in [-0.25, -0.2) is 4.79 Å². The van der Waals surface area contributed by atoms with Crippen LogP contribution in [0.5, 0.6) is 5.75 Å². The average molecular weight is 526 g/mol. The van der Waals surface area contributed by atoms with E-state index in [0.29, 0.717) is 0 Å². The largest absolute Gasteiger partial charge is 0.508 e.